The largest absolute Gasteiger partial charge is 0.368 e. The predicted molar refractivity (Wildman–Crippen MR) is 84.2 cm³/mol. The van der Waals surface area contributed by atoms with Crippen molar-refractivity contribution in [1.29, 1.82) is 0 Å². The van der Waals surface area contributed by atoms with Crippen molar-refractivity contribution >= 4 is 23.2 Å². The number of aryl methyl sites for hydroxylation is 1. The Hall–Kier alpha value is -2.22. The van der Waals surface area contributed by atoms with E-state index in [1.54, 1.807) is 10.9 Å². The number of hydrogen-bond acceptors (Lipinski definition) is 5. The summed E-state index contributed by atoms with van der Waals surface area (Å²) in [6.07, 6.45) is 5.76. The van der Waals surface area contributed by atoms with E-state index in [9.17, 15) is 9.59 Å². The first-order valence-electron chi connectivity index (χ1n) is 6.97. The van der Waals surface area contributed by atoms with Gasteiger partial charge in [-0.25, -0.2) is 4.98 Å². The van der Waals surface area contributed by atoms with Crippen molar-refractivity contribution in [1.82, 2.24) is 20.1 Å². The molecule has 8 heteroatoms. The summed E-state index contributed by atoms with van der Waals surface area (Å²) in [5, 5.41) is 7.47. The Bertz CT molecular complexity index is 678. The maximum Gasteiger partial charge on any atom is 0.263 e. The van der Waals surface area contributed by atoms with Gasteiger partial charge < -0.3 is 11.1 Å². The van der Waals surface area contributed by atoms with Crippen molar-refractivity contribution in [3.05, 3.63) is 23.5 Å². The molecule has 2 heterocycles. The van der Waals surface area contributed by atoms with Crippen LogP contribution in [0.15, 0.2) is 18.6 Å². The molecule has 0 spiro atoms. The second kappa shape index (κ2) is 6.69. The van der Waals surface area contributed by atoms with Gasteiger partial charge in [0.25, 0.3) is 5.91 Å². The molecular formula is C14H19N5O2S. The lowest BCUT2D eigenvalue weighted by Gasteiger charge is -2.20. The first-order valence-corrected chi connectivity index (χ1v) is 7.79. The summed E-state index contributed by atoms with van der Waals surface area (Å²) in [7, 11) is 1.81. The molecule has 0 unspecified atom stereocenters. The Morgan fingerprint density at radius 1 is 1.45 bits per heavy atom. The molecule has 2 rings (SSSR count). The van der Waals surface area contributed by atoms with Crippen molar-refractivity contribution in [2.45, 2.75) is 26.3 Å². The number of thiazole rings is 1. The Kier molecular flexibility index (Phi) is 4.92. The van der Waals surface area contributed by atoms with Gasteiger partial charge >= 0.3 is 0 Å². The Labute approximate surface area is 132 Å². The SMILES string of the molecule is CC[C@H](C)[C@@H](NC(=O)c1cnc(-c2cnn(C)c2)s1)C(N)=O. The quantitative estimate of drug-likeness (QED) is 0.833. The van der Waals surface area contributed by atoms with E-state index in [-0.39, 0.29) is 11.8 Å². The predicted octanol–water partition coefficient (Wildman–Crippen LogP) is 1.17. The maximum atomic E-state index is 12.3. The maximum absolute atomic E-state index is 12.3. The molecule has 3 N–H and O–H groups in total. The Morgan fingerprint density at radius 2 is 2.18 bits per heavy atom. The van der Waals surface area contributed by atoms with Crippen LogP contribution in [0.1, 0.15) is 29.9 Å². The second-order valence-electron chi connectivity index (χ2n) is 5.17. The lowest BCUT2D eigenvalue weighted by Crippen LogP contribution is -2.48. The number of carbonyl (C=O) groups is 2. The molecule has 0 saturated heterocycles. The number of nitrogens with zero attached hydrogens (tertiary/aromatic N) is 3. The minimum absolute atomic E-state index is 0.0211. The van der Waals surface area contributed by atoms with E-state index < -0.39 is 11.9 Å². The highest BCUT2D eigenvalue weighted by Gasteiger charge is 2.25. The highest BCUT2D eigenvalue weighted by molar-refractivity contribution is 7.16. The van der Waals surface area contributed by atoms with Crippen LogP contribution in [0.2, 0.25) is 0 Å². The van der Waals surface area contributed by atoms with Crippen molar-refractivity contribution < 1.29 is 9.59 Å². The van der Waals surface area contributed by atoms with Gasteiger partial charge in [-0.3, -0.25) is 14.3 Å². The van der Waals surface area contributed by atoms with E-state index >= 15 is 0 Å². The van der Waals surface area contributed by atoms with Crippen LogP contribution in [0.4, 0.5) is 0 Å². The summed E-state index contributed by atoms with van der Waals surface area (Å²) >= 11 is 1.25. The van der Waals surface area contributed by atoms with Crippen LogP contribution in [0, 0.1) is 5.92 Å². The standard InChI is InChI=1S/C14H19N5O2S/c1-4-8(2)11(12(15)20)18-13(21)10-6-16-14(22-10)9-5-17-19(3)7-9/h5-8,11H,4H2,1-3H3,(H2,15,20)(H,18,21)/t8-,11+/m0/s1. The summed E-state index contributed by atoms with van der Waals surface area (Å²) < 4.78 is 1.67. The molecule has 2 aromatic rings. The van der Waals surface area contributed by atoms with Crippen LogP contribution in [0.3, 0.4) is 0 Å². The molecule has 0 aromatic carbocycles. The van der Waals surface area contributed by atoms with Gasteiger partial charge in [-0.2, -0.15) is 5.10 Å². The average molecular weight is 321 g/mol. The number of hydrogen-bond donors (Lipinski definition) is 2. The van der Waals surface area contributed by atoms with Crippen molar-refractivity contribution in [3.63, 3.8) is 0 Å². The number of aromatic nitrogens is 3. The molecule has 0 saturated carbocycles. The van der Waals surface area contributed by atoms with E-state index in [1.165, 1.54) is 17.5 Å². The number of nitrogens with two attached hydrogens (primary N) is 1. The third-order valence-corrected chi connectivity index (χ3v) is 4.53. The zero-order valence-electron chi connectivity index (χ0n) is 12.7. The summed E-state index contributed by atoms with van der Waals surface area (Å²) in [5.74, 6) is -0.886. The minimum Gasteiger partial charge on any atom is -0.368 e. The van der Waals surface area contributed by atoms with E-state index in [2.05, 4.69) is 15.4 Å². The van der Waals surface area contributed by atoms with Gasteiger partial charge in [0, 0.05) is 18.8 Å². The molecule has 0 radical (unpaired) electrons. The zero-order chi connectivity index (χ0) is 16.3. The molecule has 2 atom stereocenters. The number of amides is 2. The molecule has 118 valence electrons. The zero-order valence-corrected chi connectivity index (χ0v) is 13.6. The van der Waals surface area contributed by atoms with Gasteiger partial charge in [0.1, 0.15) is 15.9 Å². The van der Waals surface area contributed by atoms with Gasteiger partial charge in [0.2, 0.25) is 5.91 Å². The first-order chi connectivity index (χ1) is 10.4. The molecular weight excluding hydrogens is 302 g/mol. The highest BCUT2D eigenvalue weighted by Crippen LogP contribution is 2.24. The molecule has 0 bridgehead atoms. The first kappa shape index (κ1) is 16.2. The fourth-order valence-corrected chi connectivity index (χ4v) is 2.78. The minimum atomic E-state index is -0.679. The molecule has 0 aliphatic carbocycles. The summed E-state index contributed by atoms with van der Waals surface area (Å²) in [5.41, 5.74) is 6.21. The van der Waals surface area contributed by atoms with Crippen LogP contribution in [0.5, 0.6) is 0 Å². The molecule has 0 fully saturated rings. The van der Waals surface area contributed by atoms with Crippen molar-refractivity contribution in [2.75, 3.05) is 0 Å². The third kappa shape index (κ3) is 3.51. The molecule has 0 aliphatic rings. The van der Waals surface area contributed by atoms with Gasteiger partial charge in [0.15, 0.2) is 0 Å². The van der Waals surface area contributed by atoms with Crippen LogP contribution in [-0.4, -0.2) is 32.6 Å². The summed E-state index contributed by atoms with van der Waals surface area (Å²) in [6, 6.07) is -0.679. The smallest absolute Gasteiger partial charge is 0.263 e. The fourth-order valence-electron chi connectivity index (χ4n) is 1.99. The summed E-state index contributed by atoms with van der Waals surface area (Å²) in [4.78, 5) is 28.4. The van der Waals surface area contributed by atoms with Gasteiger partial charge in [-0.1, -0.05) is 20.3 Å². The van der Waals surface area contributed by atoms with Gasteiger partial charge in [-0.05, 0) is 5.92 Å². The van der Waals surface area contributed by atoms with Crippen LogP contribution in [-0.2, 0) is 11.8 Å². The normalized spacial score (nSPS) is 13.6. The van der Waals surface area contributed by atoms with Crippen LogP contribution >= 0.6 is 11.3 Å². The van der Waals surface area contributed by atoms with E-state index in [0.717, 1.165) is 12.0 Å². The van der Waals surface area contributed by atoms with Crippen molar-refractivity contribution in [3.8, 4) is 10.6 Å². The molecule has 0 aliphatic heterocycles. The Balaban J connectivity index is 2.13. The lowest BCUT2D eigenvalue weighted by atomic mass is 9.98. The van der Waals surface area contributed by atoms with E-state index in [4.69, 9.17) is 5.73 Å². The molecule has 2 aromatic heterocycles. The van der Waals surface area contributed by atoms with E-state index in [1.807, 2.05) is 27.1 Å². The molecule has 22 heavy (non-hydrogen) atoms. The second-order valence-corrected chi connectivity index (χ2v) is 6.20. The topological polar surface area (TPSA) is 103 Å². The third-order valence-electron chi connectivity index (χ3n) is 3.49. The molecule has 7 nitrogen and oxygen atoms in total. The summed E-state index contributed by atoms with van der Waals surface area (Å²) in [6.45, 7) is 3.82. The number of rotatable bonds is 6. The van der Waals surface area contributed by atoms with E-state index in [0.29, 0.717) is 9.88 Å². The highest BCUT2D eigenvalue weighted by atomic mass is 32.1. The monoisotopic (exact) mass is 321 g/mol. The van der Waals surface area contributed by atoms with Crippen LogP contribution in [0.25, 0.3) is 10.6 Å². The van der Waals surface area contributed by atoms with Gasteiger partial charge in [-0.15, -0.1) is 11.3 Å². The van der Waals surface area contributed by atoms with Crippen LogP contribution < -0.4 is 11.1 Å². The van der Waals surface area contributed by atoms with Crippen molar-refractivity contribution in [2.24, 2.45) is 18.7 Å². The number of carbonyl (C=O) groups excluding carboxylic acids is 2. The number of primary amides is 1. The van der Waals surface area contributed by atoms with Gasteiger partial charge in [0.05, 0.1) is 12.4 Å². The Morgan fingerprint density at radius 3 is 2.73 bits per heavy atom. The number of nitrogens with one attached hydrogen (secondary N) is 1. The fraction of sp³-hybridized carbons (Fsp3) is 0.429. The lowest BCUT2D eigenvalue weighted by molar-refractivity contribution is -0.120. The molecule has 2 amide bonds. The average Bonchev–Trinajstić information content (AvgIpc) is 3.11.